The van der Waals surface area contributed by atoms with Crippen LogP contribution in [0.25, 0.3) is 0 Å². The number of rotatable bonds is 4. The molecule has 1 heteroatoms. The largest absolute Gasteiger partial charge is 0.396 e. The summed E-state index contributed by atoms with van der Waals surface area (Å²) in [5, 5.41) is 9.00. The molecule has 5 atom stereocenters. The number of benzene rings is 1. The van der Waals surface area contributed by atoms with Crippen LogP contribution < -0.4 is 0 Å². The number of hydrogen-bond acceptors (Lipinski definition) is 1. The fourth-order valence-electron chi connectivity index (χ4n) is 3.61. The van der Waals surface area contributed by atoms with Crippen LogP contribution in [0, 0.1) is 23.7 Å². The third kappa shape index (κ3) is 1.67. The number of hydrogen-bond donors (Lipinski definition) is 1. The minimum atomic E-state index is 0.369. The van der Waals surface area contributed by atoms with E-state index in [1.54, 1.807) is 0 Å². The Balaban J connectivity index is 1.61. The van der Waals surface area contributed by atoms with E-state index < -0.39 is 0 Å². The first-order valence-electron chi connectivity index (χ1n) is 6.48. The lowest BCUT2D eigenvalue weighted by Gasteiger charge is -1.99. The molecule has 2 saturated carbocycles. The molecule has 0 aromatic heterocycles. The summed E-state index contributed by atoms with van der Waals surface area (Å²) in [7, 11) is 0. The summed E-state index contributed by atoms with van der Waals surface area (Å²) in [6, 6.07) is 10.9. The van der Waals surface area contributed by atoms with Gasteiger partial charge in [0, 0.05) is 6.61 Å². The Hall–Kier alpha value is -0.820. The van der Waals surface area contributed by atoms with Crippen molar-refractivity contribution in [1.82, 2.24) is 0 Å². The lowest BCUT2D eigenvalue weighted by Crippen LogP contribution is -1.91. The summed E-state index contributed by atoms with van der Waals surface area (Å²) >= 11 is 0. The van der Waals surface area contributed by atoms with Crippen molar-refractivity contribution in [3.63, 3.8) is 0 Å². The Kier molecular flexibility index (Phi) is 2.51. The predicted octanol–water partition coefficient (Wildman–Crippen LogP) is 3.05. The van der Waals surface area contributed by atoms with Gasteiger partial charge >= 0.3 is 0 Å². The van der Waals surface area contributed by atoms with Gasteiger partial charge in [-0.05, 0) is 48.0 Å². The molecule has 2 aliphatic rings. The highest BCUT2D eigenvalue weighted by Gasteiger charge is 2.58. The van der Waals surface area contributed by atoms with Crippen LogP contribution in [-0.2, 0) is 0 Å². The fraction of sp³-hybridized carbons (Fsp3) is 0.600. The van der Waals surface area contributed by atoms with Crippen molar-refractivity contribution in [1.29, 1.82) is 0 Å². The van der Waals surface area contributed by atoms with Gasteiger partial charge in [0.05, 0.1) is 0 Å². The first-order chi connectivity index (χ1) is 7.83. The average molecular weight is 216 g/mol. The third-order valence-corrected chi connectivity index (χ3v) is 4.66. The normalized spacial score (nSPS) is 40.8. The van der Waals surface area contributed by atoms with Gasteiger partial charge in [-0.15, -0.1) is 0 Å². The molecule has 0 bridgehead atoms. The topological polar surface area (TPSA) is 20.2 Å². The SMILES string of the molecule is CC1[C@@H]([C@@H]2C[C@H]2c2ccccc2)[C@@H]1CCO. The second-order valence-corrected chi connectivity index (χ2v) is 5.53. The molecule has 3 rings (SSSR count). The van der Waals surface area contributed by atoms with Crippen LogP contribution in [0.3, 0.4) is 0 Å². The second kappa shape index (κ2) is 3.89. The summed E-state index contributed by atoms with van der Waals surface area (Å²) in [5.41, 5.74) is 1.52. The highest BCUT2D eigenvalue weighted by atomic mass is 16.3. The van der Waals surface area contributed by atoms with Gasteiger partial charge in [0.1, 0.15) is 0 Å². The van der Waals surface area contributed by atoms with Gasteiger partial charge in [0.25, 0.3) is 0 Å². The molecular weight excluding hydrogens is 196 g/mol. The molecule has 16 heavy (non-hydrogen) atoms. The zero-order valence-electron chi connectivity index (χ0n) is 9.84. The Labute approximate surface area is 97.5 Å². The molecule has 0 amide bonds. The Morgan fingerprint density at radius 1 is 1.25 bits per heavy atom. The van der Waals surface area contributed by atoms with Crippen molar-refractivity contribution in [3.8, 4) is 0 Å². The van der Waals surface area contributed by atoms with E-state index in [1.165, 1.54) is 12.0 Å². The maximum atomic E-state index is 9.00. The molecular formula is C15H20O. The summed E-state index contributed by atoms with van der Waals surface area (Å²) < 4.78 is 0. The smallest absolute Gasteiger partial charge is 0.0433 e. The summed E-state index contributed by atoms with van der Waals surface area (Å²) in [5.74, 6) is 4.29. The molecule has 0 spiro atoms. The van der Waals surface area contributed by atoms with Crippen molar-refractivity contribution >= 4 is 0 Å². The lowest BCUT2D eigenvalue weighted by atomic mass is 10.1. The molecule has 2 fully saturated rings. The Bertz CT molecular complexity index is 359. The maximum absolute atomic E-state index is 9.00. The molecule has 0 saturated heterocycles. The molecule has 1 aromatic carbocycles. The first kappa shape index (κ1) is 10.3. The quantitative estimate of drug-likeness (QED) is 0.820. The van der Waals surface area contributed by atoms with Crippen molar-refractivity contribution in [3.05, 3.63) is 35.9 Å². The van der Waals surface area contributed by atoms with E-state index in [0.29, 0.717) is 6.61 Å². The standard InChI is InChI=1S/C15H20O/c1-10-12(7-8-16)15(10)14-9-13(14)11-5-3-2-4-6-11/h2-6,10,12-16H,7-9H2,1H3/t10?,12-,13+,14-,15-/m1/s1. The van der Waals surface area contributed by atoms with Gasteiger partial charge in [-0.1, -0.05) is 37.3 Å². The lowest BCUT2D eigenvalue weighted by molar-refractivity contribution is 0.274. The highest BCUT2D eigenvalue weighted by Crippen LogP contribution is 2.65. The zero-order valence-corrected chi connectivity index (χ0v) is 9.84. The molecule has 1 aromatic rings. The van der Waals surface area contributed by atoms with E-state index in [2.05, 4.69) is 37.3 Å². The highest BCUT2D eigenvalue weighted by molar-refractivity contribution is 5.27. The van der Waals surface area contributed by atoms with Gasteiger partial charge in [0.2, 0.25) is 0 Å². The van der Waals surface area contributed by atoms with E-state index in [9.17, 15) is 0 Å². The summed E-state index contributed by atoms with van der Waals surface area (Å²) in [4.78, 5) is 0. The van der Waals surface area contributed by atoms with Crippen molar-refractivity contribution in [2.24, 2.45) is 23.7 Å². The van der Waals surface area contributed by atoms with Crippen molar-refractivity contribution < 1.29 is 5.11 Å². The fourth-order valence-corrected chi connectivity index (χ4v) is 3.61. The van der Waals surface area contributed by atoms with Crippen LogP contribution >= 0.6 is 0 Å². The van der Waals surface area contributed by atoms with Gasteiger partial charge in [-0.25, -0.2) is 0 Å². The predicted molar refractivity (Wildman–Crippen MR) is 65.1 cm³/mol. The molecule has 86 valence electrons. The van der Waals surface area contributed by atoms with Crippen LogP contribution in [0.2, 0.25) is 0 Å². The number of aliphatic hydroxyl groups excluding tert-OH is 1. The monoisotopic (exact) mass is 216 g/mol. The van der Waals surface area contributed by atoms with E-state index in [1.807, 2.05) is 0 Å². The van der Waals surface area contributed by atoms with E-state index >= 15 is 0 Å². The molecule has 1 N–H and O–H groups in total. The second-order valence-electron chi connectivity index (χ2n) is 5.53. The van der Waals surface area contributed by atoms with E-state index in [0.717, 1.165) is 36.0 Å². The zero-order chi connectivity index (χ0) is 11.1. The Morgan fingerprint density at radius 3 is 2.69 bits per heavy atom. The van der Waals surface area contributed by atoms with E-state index in [-0.39, 0.29) is 0 Å². The van der Waals surface area contributed by atoms with Crippen LogP contribution in [0.15, 0.2) is 30.3 Å². The third-order valence-electron chi connectivity index (χ3n) is 4.66. The van der Waals surface area contributed by atoms with Crippen molar-refractivity contribution in [2.45, 2.75) is 25.7 Å². The van der Waals surface area contributed by atoms with Crippen LogP contribution in [0.5, 0.6) is 0 Å². The van der Waals surface area contributed by atoms with Gasteiger partial charge < -0.3 is 5.11 Å². The molecule has 0 aliphatic heterocycles. The van der Waals surface area contributed by atoms with Gasteiger partial charge in [-0.2, -0.15) is 0 Å². The van der Waals surface area contributed by atoms with E-state index in [4.69, 9.17) is 5.11 Å². The maximum Gasteiger partial charge on any atom is 0.0433 e. The van der Waals surface area contributed by atoms with Crippen LogP contribution in [0.1, 0.15) is 31.2 Å². The van der Waals surface area contributed by atoms with Gasteiger partial charge in [-0.3, -0.25) is 0 Å². The summed E-state index contributed by atoms with van der Waals surface area (Å²) in [6.07, 6.45) is 2.39. The average Bonchev–Trinajstić information content (AvgIpc) is 3.19. The van der Waals surface area contributed by atoms with Crippen molar-refractivity contribution in [2.75, 3.05) is 6.61 Å². The Morgan fingerprint density at radius 2 is 2.00 bits per heavy atom. The minimum Gasteiger partial charge on any atom is -0.396 e. The molecule has 0 heterocycles. The molecule has 0 radical (unpaired) electrons. The van der Waals surface area contributed by atoms with Gasteiger partial charge in [0.15, 0.2) is 0 Å². The molecule has 1 nitrogen and oxygen atoms in total. The first-order valence-corrected chi connectivity index (χ1v) is 6.48. The number of aliphatic hydroxyl groups is 1. The van der Waals surface area contributed by atoms with Crippen LogP contribution in [-0.4, -0.2) is 11.7 Å². The van der Waals surface area contributed by atoms with Crippen LogP contribution in [0.4, 0.5) is 0 Å². The minimum absolute atomic E-state index is 0.369. The molecule has 2 aliphatic carbocycles. The molecule has 1 unspecified atom stereocenters. The summed E-state index contributed by atoms with van der Waals surface area (Å²) in [6.45, 7) is 2.72.